The summed E-state index contributed by atoms with van der Waals surface area (Å²) in [4.78, 5) is 50.7. The summed E-state index contributed by atoms with van der Waals surface area (Å²) in [5.74, 6) is 0.903. The van der Waals surface area contributed by atoms with Crippen molar-refractivity contribution in [2.24, 2.45) is 20.2 Å². The largest absolute Gasteiger partial charge is 0.383 e. The SMILES string of the molecule is CCCc1c(-c2ccccc2)nc2n(c1=O)N=C(C)C2=Nc1ccc(N(CC)CCOCCOC)cc1C.CCN(CCOC)c1ccc(N=C2C(C)=Nn3c2nc(-c2ccccc2Cl)c(C)c3=O)c(C)c1. The van der Waals surface area contributed by atoms with Gasteiger partial charge in [0.1, 0.15) is 11.4 Å². The van der Waals surface area contributed by atoms with Gasteiger partial charge in [0.2, 0.25) is 0 Å². The van der Waals surface area contributed by atoms with Crippen molar-refractivity contribution in [2.75, 3.05) is 76.6 Å². The number of methoxy groups -OCH3 is 2. The summed E-state index contributed by atoms with van der Waals surface area (Å²) >= 11 is 6.41. The molecule has 0 aliphatic carbocycles. The van der Waals surface area contributed by atoms with Crippen molar-refractivity contribution in [2.45, 2.75) is 68.2 Å². The number of ether oxygens (including phenoxy) is 3. The third-order valence-corrected chi connectivity index (χ3v) is 12.9. The van der Waals surface area contributed by atoms with Crippen LogP contribution in [-0.2, 0) is 20.6 Å². The highest BCUT2D eigenvalue weighted by molar-refractivity contribution is 6.49. The lowest BCUT2D eigenvalue weighted by molar-refractivity contribution is 0.0741. The molecule has 0 unspecified atom stereocenters. The molecular weight excluding hydrogens is 928 g/mol. The minimum absolute atomic E-state index is 0.126. The minimum Gasteiger partial charge on any atom is -0.383 e. The van der Waals surface area contributed by atoms with E-state index in [1.165, 1.54) is 9.35 Å². The van der Waals surface area contributed by atoms with Crippen molar-refractivity contribution in [3.8, 4) is 22.5 Å². The molecule has 0 bridgehead atoms. The van der Waals surface area contributed by atoms with Crippen molar-refractivity contribution in [3.63, 3.8) is 0 Å². The Kier molecular flexibility index (Phi) is 18.0. The lowest BCUT2D eigenvalue weighted by atomic mass is 10.0. The van der Waals surface area contributed by atoms with Gasteiger partial charge in [-0.2, -0.15) is 19.6 Å². The van der Waals surface area contributed by atoms with Crippen LogP contribution in [0.1, 0.15) is 74.9 Å². The third kappa shape index (κ3) is 11.7. The Morgan fingerprint density at radius 3 is 1.67 bits per heavy atom. The first-order valence-electron chi connectivity index (χ1n) is 24.5. The number of fused-ring (bicyclic) bond motifs is 2. The maximum absolute atomic E-state index is 13.5. The smallest absolute Gasteiger partial charge is 0.278 e. The Hall–Kier alpha value is -6.91. The highest BCUT2D eigenvalue weighted by atomic mass is 35.5. The number of aliphatic imine (C=N–C) groups is 2. The van der Waals surface area contributed by atoms with E-state index in [1.54, 1.807) is 27.2 Å². The third-order valence-electron chi connectivity index (χ3n) is 12.5. The fourth-order valence-electron chi connectivity index (χ4n) is 8.56. The Labute approximate surface area is 427 Å². The van der Waals surface area contributed by atoms with E-state index in [0.717, 1.165) is 72.0 Å². The fourth-order valence-corrected chi connectivity index (χ4v) is 8.79. The van der Waals surface area contributed by atoms with Gasteiger partial charge in [-0.3, -0.25) is 9.59 Å². The van der Waals surface area contributed by atoms with Gasteiger partial charge in [-0.05, 0) is 108 Å². The van der Waals surface area contributed by atoms with E-state index in [-0.39, 0.29) is 11.1 Å². The quantitative estimate of drug-likeness (QED) is 0.0722. The summed E-state index contributed by atoms with van der Waals surface area (Å²) in [5, 5.41) is 9.53. The zero-order chi connectivity index (χ0) is 51.5. The fraction of sp³-hybridized carbons (Fsp3) is 0.357. The average Bonchev–Trinajstić information content (AvgIpc) is 3.87. The summed E-state index contributed by atoms with van der Waals surface area (Å²) in [7, 11) is 3.38. The average molecular weight is 994 g/mol. The van der Waals surface area contributed by atoms with Crippen molar-refractivity contribution >= 4 is 57.2 Å². The van der Waals surface area contributed by atoms with Crippen LogP contribution in [0.15, 0.2) is 121 Å². The summed E-state index contributed by atoms with van der Waals surface area (Å²) in [6.07, 6.45) is 1.49. The van der Waals surface area contributed by atoms with Crippen LogP contribution in [0.25, 0.3) is 22.5 Å². The molecule has 376 valence electrons. The number of hydrogen-bond acceptors (Lipinski definition) is 13. The monoisotopic (exact) mass is 992 g/mol. The molecule has 72 heavy (non-hydrogen) atoms. The summed E-state index contributed by atoms with van der Waals surface area (Å²) < 4.78 is 18.7. The lowest BCUT2D eigenvalue weighted by Crippen LogP contribution is -2.27. The first-order chi connectivity index (χ1) is 34.8. The molecular formula is C56H65ClN10O5. The molecule has 16 heteroatoms. The number of rotatable bonds is 19. The van der Waals surface area contributed by atoms with Crippen LogP contribution in [-0.4, -0.2) is 109 Å². The van der Waals surface area contributed by atoms with Crippen LogP contribution >= 0.6 is 11.6 Å². The van der Waals surface area contributed by atoms with Gasteiger partial charge in [0, 0.05) is 79.0 Å². The molecule has 8 rings (SSSR count). The molecule has 2 aromatic heterocycles. The Balaban J connectivity index is 0.000000213. The van der Waals surface area contributed by atoms with E-state index in [2.05, 4.69) is 65.0 Å². The number of hydrogen-bond donors (Lipinski definition) is 0. The summed E-state index contributed by atoms with van der Waals surface area (Å²) in [5.41, 5.74) is 12.1. The zero-order valence-corrected chi connectivity index (χ0v) is 43.9. The van der Waals surface area contributed by atoms with Gasteiger partial charge < -0.3 is 24.0 Å². The number of anilines is 2. The molecule has 0 saturated carbocycles. The van der Waals surface area contributed by atoms with E-state index >= 15 is 0 Å². The van der Waals surface area contributed by atoms with Crippen LogP contribution in [0.3, 0.4) is 0 Å². The first-order valence-corrected chi connectivity index (χ1v) is 24.9. The number of halogens is 1. The first kappa shape index (κ1) is 52.9. The lowest BCUT2D eigenvalue weighted by Gasteiger charge is -2.23. The molecule has 4 aromatic carbocycles. The molecule has 0 amide bonds. The van der Waals surface area contributed by atoms with Crippen LogP contribution in [0.4, 0.5) is 22.7 Å². The van der Waals surface area contributed by atoms with Gasteiger partial charge in [-0.15, -0.1) is 0 Å². The van der Waals surface area contributed by atoms with Crippen molar-refractivity contribution in [1.29, 1.82) is 0 Å². The molecule has 0 spiro atoms. The highest BCUT2D eigenvalue weighted by Crippen LogP contribution is 2.31. The maximum Gasteiger partial charge on any atom is 0.278 e. The van der Waals surface area contributed by atoms with Gasteiger partial charge in [0.25, 0.3) is 11.1 Å². The van der Waals surface area contributed by atoms with Crippen molar-refractivity contribution in [3.05, 3.63) is 151 Å². The summed E-state index contributed by atoms with van der Waals surface area (Å²) in [6.45, 7) is 21.7. The molecule has 2 aliphatic rings. The van der Waals surface area contributed by atoms with Crippen molar-refractivity contribution in [1.82, 2.24) is 19.3 Å². The molecule has 0 radical (unpaired) electrons. The molecule has 4 heterocycles. The van der Waals surface area contributed by atoms with Crippen LogP contribution in [0, 0.1) is 20.8 Å². The van der Waals surface area contributed by atoms with E-state index < -0.39 is 0 Å². The molecule has 6 aromatic rings. The maximum atomic E-state index is 13.5. The molecule has 0 N–H and O–H groups in total. The molecule has 0 atom stereocenters. The van der Waals surface area contributed by atoms with E-state index in [4.69, 9.17) is 45.8 Å². The van der Waals surface area contributed by atoms with E-state index in [1.807, 2.05) is 88.4 Å². The Morgan fingerprint density at radius 2 is 1.14 bits per heavy atom. The second-order valence-corrected chi connectivity index (χ2v) is 17.9. The second-order valence-electron chi connectivity index (χ2n) is 17.5. The number of nitrogens with zero attached hydrogens (tertiary/aromatic N) is 10. The van der Waals surface area contributed by atoms with Gasteiger partial charge in [0.05, 0.1) is 60.6 Å². The van der Waals surface area contributed by atoms with Gasteiger partial charge in [-0.1, -0.05) is 73.5 Å². The van der Waals surface area contributed by atoms with Gasteiger partial charge >= 0.3 is 0 Å². The summed E-state index contributed by atoms with van der Waals surface area (Å²) in [6, 6.07) is 29.6. The van der Waals surface area contributed by atoms with Crippen LogP contribution in [0.5, 0.6) is 0 Å². The molecule has 2 aliphatic heterocycles. The van der Waals surface area contributed by atoms with Crippen LogP contribution in [0.2, 0.25) is 5.02 Å². The normalized spacial score (nSPS) is 13.7. The van der Waals surface area contributed by atoms with E-state index in [9.17, 15) is 9.59 Å². The van der Waals surface area contributed by atoms with Gasteiger partial charge in [0.15, 0.2) is 11.6 Å². The molecule has 0 fully saturated rings. The second kappa shape index (κ2) is 24.5. The van der Waals surface area contributed by atoms with Gasteiger partial charge in [-0.25, -0.2) is 20.0 Å². The van der Waals surface area contributed by atoms with Crippen LogP contribution < -0.4 is 20.9 Å². The number of aryl methyl sites for hydroxylation is 2. The topological polar surface area (TPSA) is 153 Å². The Morgan fingerprint density at radius 1 is 0.611 bits per heavy atom. The zero-order valence-electron chi connectivity index (χ0n) is 43.1. The number of aromatic nitrogens is 4. The minimum atomic E-state index is -0.228. The van der Waals surface area contributed by atoms with Crippen molar-refractivity contribution < 1.29 is 14.2 Å². The predicted octanol–water partition coefficient (Wildman–Crippen LogP) is 10.0. The predicted molar refractivity (Wildman–Crippen MR) is 294 cm³/mol. The number of benzene rings is 4. The molecule has 15 nitrogen and oxygen atoms in total. The number of likely N-dealkylation sites (N-methyl/N-ethyl adjacent to an activating group) is 2. The Bertz CT molecular complexity index is 3160. The van der Waals surface area contributed by atoms with E-state index in [0.29, 0.717) is 100 Å². The highest BCUT2D eigenvalue weighted by Gasteiger charge is 2.29. The standard InChI is InChI=1S/C30H37N5O3.C26H28ClN5O2/c1-6-11-25-28(23-12-9-8-10-13-23)32-29-27(22(4)33-35(29)30(25)36)31-26-15-14-24(20-21(26)3)34(7-2)16-17-38-19-18-37-5;1-6-31(13-14-34-5)19-11-12-22(16(2)15-19)28-24-18(4)30-32-25(24)29-23(17(3)26(32)33)20-9-7-8-10-21(20)27/h8-10,12-15,20H,6-7,11,16-19H2,1-5H3;7-12,15H,6,13-14H2,1-5H3. The molecule has 0 saturated heterocycles.